The maximum Gasteiger partial charge on any atom is 1.00 e. The SMILES string of the molecule is CNc1ncnc2c1ncn2[C@H]1C[C@H](OP(=O)([O-])[O-])[C@@H](COP(=O)([O-])[O-])O1.[Na+].[Na+].[Na+].[Na+]. The molecule has 0 unspecified atom stereocenters. The van der Waals surface area contributed by atoms with E-state index in [1.807, 2.05) is 0 Å². The Morgan fingerprint density at radius 3 is 2.32 bits per heavy atom. The van der Waals surface area contributed by atoms with Crippen molar-refractivity contribution in [3.05, 3.63) is 12.7 Å². The third kappa shape index (κ3) is 10.2. The van der Waals surface area contributed by atoms with Gasteiger partial charge in [-0.2, -0.15) is 0 Å². The van der Waals surface area contributed by atoms with E-state index in [9.17, 15) is 28.7 Å². The Bertz CT molecular complexity index is 928. The van der Waals surface area contributed by atoms with Crippen molar-refractivity contribution in [2.75, 3.05) is 19.0 Å². The van der Waals surface area contributed by atoms with Crippen LogP contribution in [0.15, 0.2) is 12.7 Å². The zero-order valence-electron chi connectivity index (χ0n) is 17.7. The molecule has 31 heavy (non-hydrogen) atoms. The summed E-state index contributed by atoms with van der Waals surface area (Å²) in [4.78, 5) is 55.5. The maximum atomic E-state index is 11.0. The van der Waals surface area contributed by atoms with Crippen LogP contribution in [0, 0.1) is 0 Å². The van der Waals surface area contributed by atoms with Crippen LogP contribution in [-0.2, 0) is 22.9 Å². The monoisotopic (exact) mass is 513 g/mol. The topological polar surface area (TPSA) is 210 Å². The molecule has 0 spiro atoms. The molecule has 1 aliphatic rings. The van der Waals surface area contributed by atoms with Gasteiger partial charge in [0.2, 0.25) is 0 Å². The summed E-state index contributed by atoms with van der Waals surface area (Å²) in [6.07, 6.45) is -1.10. The number of imidazole rings is 1. The second kappa shape index (κ2) is 14.9. The number of nitrogens with one attached hydrogen (secondary N) is 1. The standard InChI is InChI=1S/C11H17N5O9P2.4Na/c1-12-10-9-11(14-4-13-10)16(5-15-9)8-2-6(25-27(20,21)22)7(24-8)3-23-26(17,18)19;;;;/h4-8H,2-3H2,1H3,(H,12,13,14)(H2,17,18,19)(H2,20,21,22);;;;/q;4*+1/p-4/t6-,7+,8+;;;;/m0..../s1. The number of hydrogen-bond acceptors (Lipinski definition) is 13. The fourth-order valence-corrected chi connectivity index (χ4v) is 3.59. The van der Waals surface area contributed by atoms with Gasteiger partial charge in [-0.15, -0.1) is 0 Å². The number of nitrogens with zero attached hydrogens (tertiary/aromatic N) is 4. The number of hydrogen-bond donors (Lipinski definition) is 1. The first-order valence-electron chi connectivity index (χ1n) is 7.45. The summed E-state index contributed by atoms with van der Waals surface area (Å²) in [6.45, 7) is -0.811. The average Bonchev–Trinajstić information content (AvgIpc) is 3.14. The molecule has 0 amide bonds. The Hall–Kier alpha value is 2.53. The maximum absolute atomic E-state index is 11.0. The Morgan fingerprint density at radius 1 is 1.13 bits per heavy atom. The molecule has 1 fully saturated rings. The van der Waals surface area contributed by atoms with Gasteiger partial charge in [-0.05, 0) is 0 Å². The molecule has 0 saturated carbocycles. The van der Waals surface area contributed by atoms with Crippen molar-refractivity contribution in [2.24, 2.45) is 0 Å². The molecular weight excluding hydrogens is 500 g/mol. The predicted octanol–water partition coefficient (Wildman–Crippen LogP) is -14.8. The summed E-state index contributed by atoms with van der Waals surface area (Å²) >= 11 is 0. The zero-order valence-corrected chi connectivity index (χ0v) is 27.4. The first-order chi connectivity index (χ1) is 12.6. The van der Waals surface area contributed by atoms with Gasteiger partial charge in [-0.25, -0.2) is 15.0 Å². The van der Waals surface area contributed by atoms with Gasteiger partial charge in [0.25, 0.3) is 0 Å². The minimum atomic E-state index is -5.40. The number of fused-ring (bicyclic) bond motifs is 1. The summed E-state index contributed by atoms with van der Waals surface area (Å²) in [7, 11) is -9.10. The molecular formula is C11H13N5Na4O9P2. The second-order valence-corrected chi connectivity index (χ2v) is 7.75. The number of phosphoric ester groups is 2. The van der Waals surface area contributed by atoms with Crippen LogP contribution in [0.4, 0.5) is 5.82 Å². The summed E-state index contributed by atoms with van der Waals surface area (Å²) in [5.74, 6) is 0.437. The molecule has 1 aliphatic heterocycles. The van der Waals surface area contributed by atoms with Crippen molar-refractivity contribution < 1.29 is 161 Å². The largest absolute Gasteiger partial charge is 1.00 e. The van der Waals surface area contributed by atoms with Crippen LogP contribution in [-0.4, -0.2) is 45.4 Å². The molecule has 0 bridgehead atoms. The molecule has 150 valence electrons. The van der Waals surface area contributed by atoms with Gasteiger partial charge < -0.3 is 47.8 Å². The molecule has 2 aromatic rings. The minimum Gasteiger partial charge on any atom is -0.790 e. The summed E-state index contributed by atoms with van der Waals surface area (Å²) < 4.78 is 37.2. The summed E-state index contributed by atoms with van der Waals surface area (Å²) in [5.41, 5.74) is 0.744. The van der Waals surface area contributed by atoms with E-state index in [-0.39, 0.29) is 125 Å². The fraction of sp³-hybridized carbons (Fsp3) is 0.545. The third-order valence-electron chi connectivity index (χ3n) is 3.75. The number of rotatable bonds is 7. The van der Waals surface area contributed by atoms with E-state index in [1.165, 1.54) is 17.2 Å². The van der Waals surface area contributed by atoms with E-state index >= 15 is 0 Å². The first kappa shape index (κ1) is 35.7. The molecule has 3 heterocycles. The number of ether oxygens (including phenoxy) is 1. The molecule has 1 N–H and O–H groups in total. The van der Waals surface area contributed by atoms with Crippen molar-refractivity contribution in [3.63, 3.8) is 0 Å². The minimum absolute atomic E-state index is 0. The van der Waals surface area contributed by atoms with E-state index in [2.05, 4.69) is 29.3 Å². The van der Waals surface area contributed by atoms with Crippen LogP contribution in [0.1, 0.15) is 12.6 Å². The third-order valence-corrected chi connectivity index (χ3v) is 4.74. The van der Waals surface area contributed by atoms with E-state index in [1.54, 1.807) is 7.05 Å². The van der Waals surface area contributed by atoms with E-state index in [0.29, 0.717) is 17.0 Å². The summed E-state index contributed by atoms with van der Waals surface area (Å²) in [5, 5.41) is 2.83. The molecule has 1 saturated heterocycles. The van der Waals surface area contributed by atoms with Crippen molar-refractivity contribution in [1.29, 1.82) is 0 Å². The van der Waals surface area contributed by atoms with Crippen LogP contribution in [0.25, 0.3) is 11.2 Å². The van der Waals surface area contributed by atoms with E-state index < -0.39 is 40.7 Å². The number of aromatic nitrogens is 4. The van der Waals surface area contributed by atoms with Crippen molar-refractivity contribution in [1.82, 2.24) is 19.5 Å². The van der Waals surface area contributed by atoms with Crippen LogP contribution >= 0.6 is 15.6 Å². The van der Waals surface area contributed by atoms with Gasteiger partial charge in [-0.1, -0.05) is 0 Å². The van der Waals surface area contributed by atoms with Crippen LogP contribution in [0.2, 0.25) is 0 Å². The smallest absolute Gasteiger partial charge is 0.790 e. The van der Waals surface area contributed by atoms with Crippen LogP contribution in [0.5, 0.6) is 0 Å². The van der Waals surface area contributed by atoms with Crippen molar-refractivity contribution >= 4 is 32.6 Å². The Balaban J connectivity index is 0. The van der Waals surface area contributed by atoms with E-state index in [0.717, 1.165) is 0 Å². The zero-order chi connectivity index (χ0) is 19.8. The van der Waals surface area contributed by atoms with Crippen LogP contribution < -0.4 is 143 Å². The Morgan fingerprint density at radius 2 is 1.77 bits per heavy atom. The normalized spacial score (nSPS) is 20.7. The Labute approximate surface area is 265 Å². The van der Waals surface area contributed by atoms with Crippen LogP contribution in [0.3, 0.4) is 0 Å². The molecule has 3 atom stereocenters. The number of phosphoric acid groups is 2. The first-order valence-corrected chi connectivity index (χ1v) is 10.4. The van der Waals surface area contributed by atoms with Crippen molar-refractivity contribution in [3.8, 4) is 0 Å². The van der Waals surface area contributed by atoms with Gasteiger partial charge in [0.05, 0.1) is 34.7 Å². The van der Waals surface area contributed by atoms with Crippen molar-refractivity contribution in [2.45, 2.75) is 24.9 Å². The molecule has 3 rings (SSSR count). The molecule has 0 aromatic carbocycles. The molecule has 0 aliphatic carbocycles. The Kier molecular flexibility index (Phi) is 17.2. The second-order valence-electron chi connectivity index (χ2n) is 5.50. The summed E-state index contributed by atoms with van der Waals surface area (Å²) in [6, 6.07) is 0. The van der Waals surface area contributed by atoms with E-state index in [4.69, 9.17) is 4.74 Å². The number of anilines is 1. The van der Waals surface area contributed by atoms with Gasteiger partial charge in [0, 0.05) is 13.5 Å². The molecule has 0 radical (unpaired) electrons. The molecule has 2 aromatic heterocycles. The predicted molar refractivity (Wildman–Crippen MR) is 79.4 cm³/mol. The average molecular weight is 513 g/mol. The molecule has 20 heteroatoms. The van der Waals surface area contributed by atoms with Gasteiger partial charge in [0.1, 0.15) is 24.2 Å². The fourth-order valence-electron chi connectivity index (χ4n) is 2.71. The van der Waals surface area contributed by atoms with Gasteiger partial charge >= 0.3 is 118 Å². The van der Waals surface area contributed by atoms with Gasteiger partial charge in [0.15, 0.2) is 11.5 Å². The quantitative estimate of drug-likeness (QED) is 0.270. The molecule has 14 nitrogen and oxygen atoms in total. The van der Waals surface area contributed by atoms with Gasteiger partial charge in [-0.3, -0.25) is 4.57 Å².